The molecule has 0 bridgehead atoms. The van der Waals surface area contributed by atoms with E-state index < -0.39 is 40.3 Å². The monoisotopic (exact) mass is 438 g/mol. The van der Waals surface area contributed by atoms with Crippen LogP contribution in [0.25, 0.3) is 0 Å². The molecule has 4 rings (SSSR count). The van der Waals surface area contributed by atoms with Gasteiger partial charge >= 0.3 is 11.9 Å². The van der Waals surface area contributed by atoms with Crippen LogP contribution in [-0.2, 0) is 16.9 Å². The van der Waals surface area contributed by atoms with Gasteiger partial charge in [0.1, 0.15) is 16.4 Å². The second-order valence-corrected chi connectivity index (χ2v) is 7.69. The Morgan fingerprint density at radius 2 is 1.87 bits per heavy atom. The molecule has 0 aliphatic carbocycles. The van der Waals surface area contributed by atoms with Crippen molar-refractivity contribution in [2.75, 3.05) is 10.6 Å². The van der Waals surface area contributed by atoms with Gasteiger partial charge in [0.05, 0.1) is 6.54 Å². The Kier molecular flexibility index (Phi) is 4.49. The number of nitrogens with zero attached hydrogens (tertiary/aromatic N) is 3. The molecule has 13 heteroatoms. The maximum atomic E-state index is 14.3. The molecule has 0 fully saturated rings. The van der Waals surface area contributed by atoms with Crippen LogP contribution in [0, 0.1) is 6.92 Å². The predicted octanol–water partition coefficient (Wildman–Crippen LogP) is 1.57. The van der Waals surface area contributed by atoms with Gasteiger partial charge in [0.15, 0.2) is 0 Å². The molecular weight excluding hydrogens is 425 g/mol. The largest absolute Gasteiger partial charge is 0.425 e. The highest BCUT2D eigenvalue weighted by atomic mass is 32.1. The molecular formula is C17H13F3N6O3S. The molecule has 3 aromatic rings. The van der Waals surface area contributed by atoms with Crippen molar-refractivity contribution in [2.24, 2.45) is 0 Å². The van der Waals surface area contributed by atoms with Crippen molar-refractivity contribution in [3.63, 3.8) is 0 Å². The molecule has 0 saturated carbocycles. The van der Waals surface area contributed by atoms with E-state index in [2.05, 4.69) is 15.5 Å². The number of anilines is 2. The molecule has 1 aliphatic heterocycles. The predicted molar refractivity (Wildman–Crippen MR) is 101 cm³/mol. The Balaban J connectivity index is 1.95. The highest BCUT2D eigenvalue weighted by Gasteiger charge is 2.68. The molecule has 156 valence electrons. The molecule has 2 aromatic heterocycles. The van der Waals surface area contributed by atoms with Crippen LogP contribution in [0.3, 0.4) is 0 Å². The number of benzene rings is 1. The summed E-state index contributed by atoms with van der Waals surface area (Å²) in [4.78, 5) is 39.4. The van der Waals surface area contributed by atoms with Gasteiger partial charge in [-0.25, -0.2) is 4.79 Å². The number of carbonyl (C=O) groups excluding carboxylic acids is 1. The second kappa shape index (κ2) is 6.79. The standard InChI is InChI=1S/C17H13F3N6O3S/c1-8-24-25-14(30-8)23-16(17(18,19)20)10-11(21-13(16)28)26(15(29)22-12(10)27)7-9-5-3-2-4-6-9/h2-6H,7H2,1H3,(H,21,28)(H,23,25)(H,22,27,29)/t16-/m0/s1. The van der Waals surface area contributed by atoms with E-state index in [1.807, 2.05) is 10.3 Å². The average molecular weight is 438 g/mol. The third kappa shape index (κ3) is 2.98. The van der Waals surface area contributed by atoms with Crippen LogP contribution in [0.15, 0.2) is 39.9 Å². The number of fused-ring (bicyclic) bond motifs is 1. The summed E-state index contributed by atoms with van der Waals surface area (Å²) in [5.41, 5.74) is -6.09. The number of aryl methyl sites for hydroxylation is 1. The second-order valence-electron chi connectivity index (χ2n) is 6.51. The van der Waals surface area contributed by atoms with Gasteiger partial charge in [-0.15, -0.1) is 10.2 Å². The number of aromatic nitrogens is 4. The maximum absolute atomic E-state index is 14.3. The van der Waals surface area contributed by atoms with Gasteiger partial charge in [0.25, 0.3) is 11.5 Å². The zero-order chi connectivity index (χ0) is 21.7. The highest BCUT2D eigenvalue weighted by Crippen LogP contribution is 2.47. The van der Waals surface area contributed by atoms with Crippen LogP contribution >= 0.6 is 11.3 Å². The van der Waals surface area contributed by atoms with E-state index in [1.165, 1.54) is 6.92 Å². The summed E-state index contributed by atoms with van der Waals surface area (Å²) in [6.45, 7) is 1.36. The first-order valence-corrected chi connectivity index (χ1v) is 9.33. The van der Waals surface area contributed by atoms with E-state index in [0.717, 1.165) is 15.9 Å². The number of alkyl halides is 3. The van der Waals surface area contributed by atoms with Crippen LogP contribution in [0.2, 0.25) is 0 Å². The van der Waals surface area contributed by atoms with E-state index in [9.17, 15) is 27.6 Å². The zero-order valence-electron chi connectivity index (χ0n) is 15.2. The Morgan fingerprint density at radius 1 is 1.17 bits per heavy atom. The molecule has 1 amide bonds. The molecule has 9 nitrogen and oxygen atoms in total. The average Bonchev–Trinajstić information content (AvgIpc) is 3.21. The molecule has 30 heavy (non-hydrogen) atoms. The molecule has 3 heterocycles. The summed E-state index contributed by atoms with van der Waals surface area (Å²) >= 11 is 0.788. The van der Waals surface area contributed by atoms with Crippen LogP contribution in [0.1, 0.15) is 16.1 Å². The summed E-state index contributed by atoms with van der Waals surface area (Å²) < 4.78 is 43.7. The van der Waals surface area contributed by atoms with Crippen LogP contribution in [0.5, 0.6) is 0 Å². The summed E-state index contributed by atoms with van der Waals surface area (Å²) in [6.07, 6.45) is -5.23. The molecule has 3 N–H and O–H groups in total. The van der Waals surface area contributed by atoms with Crippen molar-refractivity contribution in [3.8, 4) is 0 Å². The third-order valence-corrected chi connectivity index (χ3v) is 5.33. The Labute approximate surface area is 169 Å². The van der Waals surface area contributed by atoms with Gasteiger partial charge in [-0.1, -0.05) is 41.7 Å². The number of halogens is 3. The number of amides is 1. The lowest BCUT2D eigenvalue weighted by Gasteiger charge is -2.29. The number of rotatable bonds is 4. The van der Waals surface area contributed by atoms with E-state index in [4.69, 9.17) is 0 Å². The quantitative estimate of drug-likeness (QED) is 0.569. The molecule has 0 saturated heterocycles. The van der Waals surface area contributed by atoms with Gasteiger partial charge in [-0.2, -0.15) is 13.2 Å². The fraction of sp³-hybridized carbons (Fsp3) is 0.235. The summed E-state index contributed by atoms with van der Waals surface area (Å²) in [6, 6.07) is 8.41. The SMILES string of the molecule is Cc1nnc(N[C@]2(C(F)(F)F)C(=O)Nc3c2c(=O)[nH]c(=O)n3Cc2ccccc2)s1. The number of hydrogen-bond acceptors (Lipinski definition) is 7. The first-order valence-electron chi connectivity index (χ1n) is 8.51. The number of carbonyl (C=O) groups is 1. The number of hydrogen-bond donors (Lipinski definition) is 3. The molecule has 1 aliphatic rings. The van der Waals surface area contributed by atoms with E-state index >= 15 is 0 Å². The molecule has 1 aromatic carbocycles. The smallest absolute Gasteiger partial charge is 0.334 e. The van der Waals surface area contributed by atoms with Crippen molar-refractivity contribution in [2.45, 2.75) is 25.2 Å². The third-order valence-electron chi connectivity index (χ3n) is 4.58. The van der Waals surface area contributed by atoms with Gasteiger partial charge < -0.3 is 10.6 Å². The molecule has 0 radical (unpaired) electrons. The van der Waals surface area contributed by atoms with Crippen LogP contribution in [-0.4, -0.2) is 31.8 Å². The highest BCUT2D eigenvalue weighted by molar-refractivity contribution is 7.15. The van der Waals surface area contributed by atoms with Crippen molar-refractivity contribution in [1.82, 2.24) is 19.7 Å². The summed E-state index contributed by atoms with van der Waals surface area (Å²) in [5, 5.41) is 11.4. The van der Waals surface area contributed by atoms with Gasteiger partial charge in [-0.3, -0.25) is 19.1 Å². The summed E-state index contributed by atoms with van der Waals surface area (Å²) in [7, 11) is 0. The van der Waals surface area contributed by atoms with Crippen LogP contribution in [0.4, 0.5) is 24.1 Å². The number of aromatic amines is 1. The minimum atomic E-state index is -5.23. The van der Waals surface area contributed by atoms with Crippen molar-refractivity contribution in [3.05, 3.63) is 67.3 Å². The van der Waals surface area contributed by atoms with E-state index in [0.29, 0.717) is 10.6 Å². The van der Waals surface area contributed by atoms with Gasteiger partial charge in [0, 0.05) is 0 Å². The number of H-pyrrole nitrogens is 1. The lowest BCUT2D eigenvalue weighted by molar-refractivity contribution is -0.184. The Hall–Kier alpha value is -3.48. The minimum absolute atomic E-state index is 0.162. The molecule has 0 unspecified atom stereocenters. The lowest BCUT2D eigenvalue weighted by atomic mass is 9.92. The first-order chi connectivity index (χ1) is 14.1. The van der Waals surface area contributed by atoms with Crippen molar-refractivity contribution in [1.29, 1.82) is 0 Å². The maximum Gasteiger partial charge on any atom is 0.425 e. The Bertz CT molecular complexity index is 1250. The van der Waals surface area contributed by atoms with Crippen molar-refractivity contribution >= 4 is 28.2 Å². The topological polar surface area (TPSA) is 122 Å². The van der Waals surface area contributed by atoms with Gasteiger partial charge in [0.2, 0.25) is 10.7 Å². The molecule has 1 atom stereocenters. The van der Waals surface area contributed by atoms with Crippen LogP contribution < -0.4 is 21.9 Å². The number of nitrogens with one attached hydrogen (secondary N) is 3. The van der Waals surface area contributed by atoms with E-state index in [1.54, 1.807) is 30.3 Å². The fourth-order valence-electron chi connectivity index (χ4n) is 3.25. The van der Waals surface area contributed by atoms with Crippen molar-refractivity contribution < 1.29 is 18.0 Å². The molecule has 0 spiro atoms. The zero-order valence-corrected chi connectivity index (χ0v) is 16.0. The normalized spacial score (nSPS) is 18.2. The summed E-state index contributed by atoms with van der Waals surface area (Å²) in [5.74, 6) is -2.07. The first kappa shape index (κ1) is 19.8. The fourth-order valence-corrected chi connectivity index (χ4v) is 3.90. The van der Waals surface area contributed by atoms with E-state index in [-0.39, 0.29) is 11.7 Å². The Morgan fingerprint density at radius 3 is 2.47 bits per heavy atom. The minimum Gasteiger partial charge on any atom is -0.334 e. The lowest BCUT2D eigenvalue weighted by Crippen LogP contribution is -2.56. The van der Waals surface area contributed by atoms with Gasteiger partial charge in [-0.05, 0) is 12.5 Å².